The molecule has 0 aliphatic heterocycles. The highest BCUT2D eigenvalue weighted by molar-refractivity contribution is 6.80. The van der Waals surface area contributed by atoms with Gasteiger partial charge in [-0.25, -0.2) is 0 Å². The van der Waals surface area contributed by atoms with Crippen molar-refractivity contribution in [3.05, 3.63) is 23.9 Å². The molecule has 1 unspecified atom stereocenters. The molecule has 0 spiro atoms. The molecule has 0 aromatic heterocycles. The van der Waals surface area contributed by atoms with Crippen molar-refractivity contribution in [3.63, 3.8) is 0 Å². The van der Waals surface area contributed by atoms with Crippen LogP contribution >= 0.6 is 0 Å². The Hall–Kier alpha value is -0.343. The molecule has 0 radical (unpaired) electrons. The van der Waals surface area contributed by atoms with E-state index in [9.17, 15) is 5.11 Å². The van der Waals surface area contributed by atoms with Crippen molar-refractivity contribution in [1.29, 1.82) is 0 Å². The van der Waals surface area contributed by atoms with Gasteiger partial charge in [0, 0.05) is 0 Å². The molecule has 0 rings (SSSR count). The molecule has 0 aliphatic rings. The van der Waals surface area contributed by atoms with E-state index in [0.29, 0.717) is 0 Å². The zero-order valence-electron chi connectivity index (χ0n) is 11.4. The second-order valence-corrected chi connectivity index (χ2v) is 10.6. The number of aliphatic hydroxyl groups excluding tert-OH is 1. The Balaban J connectivity index is 3.64. The molecule has 1 N–H and O–H groups in total. The van der Waals surface area contributed by atoms with Crippen LogP contribution in [0.4, 0.5) is 0 Å². The molecule has 94 valence electrons. The molecule has 0 aromatic carbocycles. The van der Waals surface area contributed by atoms with Crippen molar-refractivity contribution in [3.8, 4) is 0 Å². The predicted octanol–water partition coefficient (Wildman–Crippen LogP) is 4.31. The van der Waals surface area contributed by atoms with Crippen LogP contribution in [0.2, 0.25) is 19.6 Å². The quantitative estimate of drug-likeness (QED) is 0.381. The third-order valence-corrected chi connectivity index (χ3v) is 3.53. The van der Waals surface area contributed by atoms with Crippen LogP contribution in [0.5, 0.6) is 0 Å². The van der Waals surface area contributed by atoms with E-state index in [-0.39, 0.29) is 6.10 Å². The SMILES string of the molecule is CCCCCC=CCC(O)C=C[Si](C)(C)C. The summed E-state index contributed by atoms with van der Waals surface area (Å²) in [4.78, 5) is 0. The third kappa shape index (κ3) is 11.7. The first-order valence-corrected chi connectivity index (χ1v) is 10.1. The van der Waals surface area contributed by atoms with Gasteiger partial charge in [-0.05, 0) is 19.3 Å². The fraction of sp³-hybridized carbons (Fsp3) is 0.714. The van der Waals surface area contributed by atoms with E-state index < -0.39 is 8.07 Å². The van der Waals surface area contributed by atoms with Crippen molar-refractivity contribution < 1.29 is 5.11 Å². The lowest BCUT2D eigenvalue weighted by molar-refractivity contribution is 0.227. The Bertz CT molecular complexity index is 213. The number of unbranched alkanes of at least 4 members (excludes halogenated alkanes) is 3. The third-order valence-electron chi connectivity index (χ3n) is 2.34. The molecule has 0 amide bonds. The van der Waals surface area contributed by atoms with Crippen LogP contribution in [-0.4, -0.2) is 19.3 Å². The maximum Gasteiger partial charge on any atom is 0.0751 e. The average Bonchev–Trinajstić information content (AvgIpc) is 2.19. The Labute approximate surface area is 102 Å². The van der Waals surface area contributed by atoms with Gasteiger partial charge in [-0.2, -0.15) is 0 Å². The fourth-order valence-corrected chi connectivity index (χ4v) is 2.14. The van der Waals surface area contributed by atoms with Gasteiger partial charge in [0.2, 0.25) is 0 Å². The molecule has 1 atom stereocenters. The average molecular weight is 240 g/mol. The van der Waals surface area contributed by atoms with Crippen LogP contribution < -0.4 is 0 Å². The van der Waals surface area contributed by atoms with E-state index in [4.69, 9.17) is 0 Å². The zero-order valence-corrected chi connectivity index (χ0v) is 12.4. The van der Waals surface area contributed by atoms with Gasteiger partial charge in [-0.15, -0.1) is 0 Å². The molecule has 0 fully saturated rings. The summed E-state index contributed by atoms with van der Waals surface area (Å²) in [6, 6.07) is 0. The van der Waals surface area contributed by atoms with E-state index in [1.807, 2.05) is 6.08 Å². The maximum absolute atomic E-state index is 9.70. The van der Waals surface area contributed by atoms with Gasteiger partial charge >= 0.3 is 0 Å². The summed E-state index contributed by atoms with van der Waals surface area (Å²) >= 11 is 0. The normalized spacial score (nSPS) is 15.1. The zero-order chi connectivity index (χ0) is 12.4. The topological polar surface area (TPSA) is 20.2 Å². The van der Waals surface area contributed by atoms with Crippen molar-refractivity contribution in [2.45, 2.75) is 64.8 Å². The smallest absolute Gasteiger partial charge is 0.0751 e. The summed E-state index contributed by atoms with van der Waals surface area (Å²) in [6.45, 7) is 9.04. The summed E-state index contributed by atoms with van der Waals surface area (Å²) in [6.07, 6.45) is 11.7. The largest absolute Gasteiger partial charge is 0.389 e. The second kappa shape index (κ2) is 8.77. The van der Waals surface area contributed by atoms with Gasteiger partial charge in [-0.1, -0.05) is 63.3 Å². The highest BCUT2D eigenvalue weighted by Crippen LogP contribution is 2.05. The molecule has 0 aliphatic carbocycles. The Morgan fingerprint density at radius 3 is 2.38 bits per heavy atom. The first kappa shape index (κ1) is 15.7. The van der Waals surface area contributed by atoms with Crippen molar-refractivity contribution in [1.82, 2.24) is 0 Å². The standard InChI is InChI=1S/C14H28OSi/c1-5-6-7-8-9-10-11-14(15)12-13-16(2,3)4/h9-10,12-15H,5-8,11H2,1-4H3. The molecule has 0 saturated heterocycles. The predicted molar refractivity (Wildman–Crippen MR) is 76.4 cm³/mol. The van der Waals surface area contributed by atoms with Crippen molar-refractivity contribution in [2.75, 3.05) is 0 Å². The number of rotatable bonds is 8. The first-order chi connectivity index (χ1) is 7.45. The minimum Gasteiger partial charge on any atom is -0.389 e. The molecule has 2 heteroatoms. The second-order valence-electron chi connectivity index (χ2n) is 5.50. The van der Waals surface area contributed by atoms with Crippen LogP contribution in [0.3, 0.4) is 0 Å². The van der Waals surface area contributed by atoms with Crippen molar-refractivity contribution in [2.24, 2.45) is 0 Å². The lowest BCUT2D eigenvalue weighted by Gasteiger charge is -2.09. The minimum absolute atomic E-state index is 0.297. The highest BCUT2D eigenvalue weighted by atomic mass is 28.3. The van der Waals surface area contributed by atoms with Crippen LogP contribution in [0.25, 0.3) is 0 Å². The van der Waals surface area contributed by atoms with Gasteiger partial charge in [-0.3, -0.25) is 0 Å². The molecule has 0 bridgehead atoms. The van der Waals surface area contributed by atoms with Gasteiger partial charge in [0.1, 0.15) is 0 Å². The van der Waals surface area contributed by atoms with E-state index in [1.165, 1.54) is 19.3 Å². The van der Waals surface area contributed by atoms with Crippen LogP contribution in [0, 0.1) is 0 Å². The lowest BCUT2D eigenvalue weighted by atomic mass is 10.1. The molecular weight excluding hydrogens is 212 g/mol. The van der Waals surface area contributed by atoms with Gasteiger partial charge < -0.3 is 5.11 Å². The summed E-state index contributed by atoms with van der Waals surface area (Å²) in [7, 11) is -1.15. The Morgan fingerprint density at radius 2 is 1.81 bits per heavy atom. The monoisotopic (exact) mass is 240 g/mol. The number of allylic oxidation sites excluding steroid dienone is 1. The summed E-state index contributed by atoms with van der Waals surface area (Å²) in [5.74, 6) is 0. The molecule has 1 nitrogen and oxygen atoms in total. The van der Waals surface area contributed by atoms with Gasteiger partial charge in [0.15, 0.2) is 0 Å². The van der Waals surface area contributed by atoms with E-state index in [0.717, 1.165) is 12.8 Å². The van der Waals surface area contributed by atoms with Gasteiger partial charge in [0.05, 0.1) is 14.2 Å². The van der Waals surface area contributed by atoms with E-state index in [1.54, 1.807) is 0 Å². The molecule has 0 heterocycles. The van der Waals surface area contributed by atoms with Crippen LogP contribution in [0.15, 0.2) is 23.9 Å². The van der Waals surface area contributed by atoms with Gasteiger partial charge in [0.25, 0.3) is 0 Å². The Morgan fingerprint density at radius 1 is 1.12 bits per heavy atom. The first-order valence-electron chi connectivity index (χ1n) is 6.48. The lowest BCUT2D eigenvalue weighted by Crippen LogP contribution is -2.17. The fourth-order valence-electron chi connectivity index (χ4n) is 1.34. The minimum atomic E-state index is -1.15. The number of hydrogen-bond acceptors (Lipinski definition) is 1. The maximum atomic E-state index is 9.70. The highest BCUT2D eigenvalue weighted by Gasteiger charge is 2.07. The van der Waals surface area contributed by atoms with Crippen LogP contribution in [-0.2, 0) is 0 Å². The molecule has 0 aromatic rings. The van der Waals surface area contributed by atoms with E-state index in [2.05, 4.69) is 44.4 Å². The number of aliphatic hydroxyl groups is 1. The summed E-state index contributed by atoms with van der Waals surface area (Å²) in [5, 5.41) is 9.70. The van der Waals surface area contributed by atoms with E-state index >= 15 is 0 Å². The summed E-state index contributed by atoms with van der Waals surface area (Å²) < 4.78 is 0. The van der Waals surface area contributed by atoms with Crippen molar-refractivity contribution >= 4 is 8.07 Å². The Kier molecular flexibility index (Phi) is 8.58. The summed E-state index contributed by atoms with van der Waals surface area (Å²) in [5.41, 5.74) is 2.21. The molecular formula is C14H28OSi. The number of hydrogen-bond donors (Lipinski definition) is 1. The molecule has 16 heavy (non-hydrogen) atoms. The van der Waals surface area contributed by atoms with Crippen LogP contribution in [0.1, 0.15) is 39.0 Å². The molecule has 0 saturated carbocycles.